The van der Waals surface area contributed by atoms with Crippen LogP contribution in [-0.4, -0.2) is 85.6 Å². The summed E-state index contributed by atoms with van der Waals surface area (Å²) in [5, 5.41) is 55.8. The van der Waals surface area contributed by atoms with Crippen molar-refractivity contribution in [3.05, 3.63) is 11.6 Å². The molecular formula is C20H26O9. The summed E-state index contributed by atoms with van der Waals surface area (Å²) in [6, 6.07) is 0. The van der Waals surface area contributed by atoms with E-state index in [1.807, 2.05) is 0 Å². The molecule has 160 valence electrons. The zero-order chi connectivity index (χ0) is 21.3. The maximum atomic E-state index is 12.5. The molecule has 3 aliphatic carbocycles. The number of fused-ring (bicyclic) bond motifs is 2. The maximum absolute atomic E-state index is 12.5. The van der Waals surface area contributed by atoms with Crippen molar-refractivity contribution in [2.24, 2.45) is 22.7 Å². The normalized spacial score (nSPS) is 60.8. The number of ether oxygens (including phenoxy) is 2. The van der Waals surface area contributed by atoms with Crippen LogP contribution in [0.15, 0.2) is 11.6 Å². The summed E-state index contributed by atoms with van der Waals surface area (Å²) >= 11 is 0. The molecule has 2 saturated heterocycles. The molecule has 9 heteroatoms. The van der Waals surface area contributed by atoms with Crippen molar-refractivity contribution in [3.8, 4) is 0 Å². The third-order valence-corrected chi connectivity index (χ3v) is 8.96. The van der Waals surface area contributed by atoms with Gasteiger partial charge in [0.25, 0.3) is 0 Å². The van der Waals surface area contributed by atoms with Crippen LogP contribution in [0.5, 0.6) is 0 Å². The van der Waals surface area contributed by atoms with Crippen LogP contribution in [0, 0.1) is 22.7 Å². The first-order valence-electron chi connectivity index (χ1n) is 9.90. The van der Waals surface area contributed by atoms with Crippen molar-refractivity contribution in [2.45, 2.75) is 68.9 Å². The van der Waals surface area contributed by atoms with Crippen molar-refractivity contribution < 1.29 is 44.6 Å². The average Bonchev–Trinajstić information content (AvgIpc) is 2.85. The van der Waals surface area contributed by atoms with Crippen molar-refractivity contribution in [2.75, 3.05) is 6.61 Å². The quantitative estimate of drug-likeness (QED) is 0.287. The fourth-order valence-corrected chi connectivity index (χ4v) is 7.56. The molecule has 5 N–H and O–H groups in total. The lowest BCUT2D eigenvalue weighted by Crippen LogP contribution is -2.86. The molecule has 2 bridgehead atoms. The summed E-state index contributed by atoms with van der Waals surface area (Å²) in [7, 11) is 0. The summed E-state index contributed by atoms with van der Waals surface area (Å²) in [6.07, 6.45) is -6.07. The second-order valence-corrected chi connectivity index (χ2v) is 9.79. The molecule has 0 radical (unpaired) electrons. The summed E-state index contributed by atoms with van der Waals surface area (Å²) in [6.45, 7) is 4.52. The number of allylic oxidation sites excluding steroid dienone is 1. The van der Waals surface area contributed by atoms with Gasteiger partial charge in [0.05, 0.1) is 18.1 Å². The van der Waals surface area contributed by atoms with Crippen molar-refractivity contribution >= 4 is 11.8 Å². The van der Waals surface area contributed by atoms with E-state index < -0.39 is 76.1 Å². The molecule has 4 fully saturated rings. The highest BCUT2D eigenvalue weighted by atomic mass is 16.6. The zero-order valence-corrected chi connectivity index (χ0v) is 16.4. The predicted molar refractivity (Wildman–Crippen MR) is 94.1 cm³/mol. The van der Waals surface area contributed by atoms with Crippen LogP contribution in [0.25, 0.3) is 0 Å². The summed E-state index contributed by atoms with van der Waals surface area (Å²) < 4.78 is 11.4. The molecule has 2 aliphatic heterocycles. The molecular weight excluding hydrogens is 384 g/mol. The van der Waals surface area contributed by atoms with Gasteiger partial charge in [-0.15, -0.1) is 0 Å². The number of hydrogen-bond donors (Lipinski definition) is 5. The van der Waals surface area contributed by atoms with Gasteiger partial charge in [-0.25, -0.2) is 4.79 Å². The van der Waals surface area contributed by atoms with E-state index in [9.17, 15) is 35.1 Å². The Morgan fingerprint density at radius 1 is 1.10 bits per heavy atom. The first-order valence-corrected chi connectivity index (χ1v) is 9.90. The van der Waals surface area contributed by atoms with E-state index in [1.165, 1.54) is 13.0 Å². The van der Waals surface area contributed by atoms with Crippen LogP contribution in [0.4, 0.5) is 0 Å². The molecule has 2 heterocycles. The van der Waals surface area contributed by atoms with E-state index in [1.54, 1.807) is 13.8 Å². The third-order valence-electron chi connectivity index (χ3n) is 8.96. The van der Waals surface area contributed by atoms with E-state index >= 15 is 0 Å². The van der Waals surface area contributed by atoms with E-state index in [0.717, 1.165) is 0 Å². The molecule has 0 aromatic heterocycles. The number of rotatable bonds is 0. The van der Waals surface area contributed by atoms with Crippen LogP contribution in [0.3, 0.4) is 0 Å². The summed E-state index contributed by atoms with van der Waals surface area (Å²) in [5.41, 5.74) is -6.22. The fourth-order valence-electron chi connectivity index (χ4n) is 7.56. The summed E-state index contributed by atoms with van der Waals surface area (Å²) in [4.78, 5) is 25.0. The highest BCUT2D eigenvalue weighted by molar-refractivity contribution is 5.96. The van der Waals surface area contributed by atoms with Gasteiger partial charge in [0.2, 0.25) is 0 Å². The van der Waals surface area contributed by atoms with E-state index in [-0.39, 0.29) is 13.0 Å². The van der Waals surface area contributed by atoms with Gasteiger partial charge < -0.3 is 35.0 Å². The molecule has 2 saturated carbocycles. The van der Waals surface area contributed by atoms with Crippen molar-refractivity contribution in [1.82, 2.24) is 0 Å². The Kier molecular flexibility index (Phi) is 3.56. The SMILES string of the molecule is CC1=CC(=O)[C@@H](O)[C@]2(C)C3[C@@H](O)[C@H](O)[C@@]4(C)OC[C@@]35[C@@H](C[C@@H]12)OC(=O)[C@H](O)[C@]54O. The Morgan fingerprint density at radius 3 is 2.41 bits per heavy atom. The molecule has 5 rings (SSSR count). The minimum Gasteiger partial charge on any atom is -0.460 e. The van der Waals surface area contributed by atoms with Gasteiger partial charge in [0.1, 0.15) is 29.5 Å². The maximum Gasteiger partial charge on any atom is 0.338 e. The van der Waals surface area contributed by atoms with E-state index in [2.05, 4.69) is 0 Å². The molecule has 1 unspecified atom stereocenters. The molecule has 0 aromatic rings. The largest absolute Gasteiger partial charge is 0.460 e. The number of hydrogen-bond acceptors (Lipinski definition) is 9. The number of ketones is 1. The molecule has 11 atom stereocenters. The van der Waals surface area contributed by atoms with E-state index in [0.29, 0.717) is 5.57 Å². The Balaban J connectivity index is 1.83. The first-order chi connectivity index (χ1) is 13.4. The Hall–Kier alpha value is -1.36. The highest BCUT2D eigenvalue weighted by Gasteiger charge is 2.88. The molecule has 29 heavy (non-hydrogen) atoms. The number of carbonyl (C=O) groups is 2. The van der Waals surface area contributed by atoms with Crippen LogP contribution < -0.4 is 0 Å². The molecule has 9 nitrogen and oxygen atoms in total. The second-order valence-electron chi connectivity index (χ2n) is 9.79. The summed E-state index contributed by atoms with van der Waals surface area (Å²) in [5.74, 6) is -3.08. The molecule has 1 spiro atoms. The van der Waals surface area contributed by atoms with Gasteiger partial charge in [-0.3, -0.25) is 4.79 Å². The smallest absolute Gasteiger partial charge is 0.338 e. The highest BCUT2D eigenvalue weighted by Crippen LogP contribution is 2.73. The van der Waals surface area contributed by atoms with Gasteiger partial charge in [0.15, 0.2) is 11.9 Å². The van der Waals surface area contributed by atoms with Gasteiger partial charge in [-0.2, -0.15) is 0 Å². The van der Waals surface area contributed by atoms with Crippen LogP contribution >= 0.6 is 0 Å². The van der Waals surface area contributed by atoms with Crippen LogP contribution in [0.2, 0.25) is 0 Å². The van der Waals surface area contributed by atoms with Gasteiger partial charge >= 0.3 is 5.97 Å². The lowest BCUT2D eigenvalue weighted by atomic mass is 9.36. The monoisotopic (exact) mass is 410 g/mol. The van der Waals surface area contributed by atoms with Crippen molar-refractivity contribution in [3.63, 3.8) is 0 Å². The zero-order valence-electron chi connectivity index (χ0n) is 16.4. The van der Waals surface area contributed by atoms with Gasteiger partial charge in [0, 0.05) is 11.3 Å². The van der Waals surface area contributed by atoms with Crippen LogP contribution in [-0.2, 0) is 19.1 Å². The van der Waals surface area contributed by atoms with Crippen molar-refractivity contribution in [1.29, 1.82) is 0 Å². The van der Waals surface area contributed by atoms with Gasteiger partial charge in [-0.1, -0.05) is 12.5 Å². The molecule has 5 aliphatic rings. The fraction of sp³-hybridized carbons (Fsp3) is 0.800. The number of aliphatic hydroxyl groups is 5. The van der Waals surface area contributed by atoms with Gasteiger partial charge in [-0.05, 0) is 32.3 Å². The number of aliphatic hydroxyl groups excluding tert-OH is 4. The molecule has 0 amide bonds. The first kappa shape index (κ1) is 19.6. The standard InChI is InChI=1S/C20H26O9/c1-7-4-9(21)13(23)17(2)8(7)5-10-19-6-28-18(3,14(24)11(22)12(17)19)20(19,27)15(25)16(26)29-10/h4,8,10-15,22-25,27H,5-6H2,1-3H3/t8-,10+,11+,12?,13+,14-,15-,17-,18+,19+,20+/m0/s1. The lowest BCUT2D eigenvalue weighted by Gasteiger charge is -2.70. The second kappa shape index (κ2) is 5.27. The minimum absolute atomic E-state index is 0.183. The number of esters is 1. The van der Waals surface area contributed by atoms with E-state index in [4.69, 9.17) is 9.47 Å². The number of carbonyl (C=O) groups excluding carboxylic acids is 2. The Bertz CT molecular complexity index is 855. The Morgan fingerprint density at radius 2 is 1.76 bits per heavy atom. The topological polar surface area (TPSA) is 154 Å². The lowest BCUT2D eigenvalue weighted by molar-refractivity contribution is -0.351. The third kappa shape index (κ3) is 1.70. The predicted octanol–water partition coefficient (Wildman–Crippen LogP) is -1.95. The minimum atomic E-state index is -2.27. The Labute approximate surface area is 166 Å². The molecule has 0 aromatic carbocycles. The average molecular weight is 410 g/mol. The van der Waals surface area contributed by atoms with Crippen LogP contribution in [0.1, 0.15) is 27.2 Å².